The normalized spacial score (nSPS) is 10.7. The van der Waals surface area contributed by atoms with Crippen molar-refractivity contribution in [2.45, 2.75) is 6.42 Å². The summed E-state index contributed by atoms with van der Waals surface area (Å²) in [4.78, 5) is 21.2. The highest BCUT2D eigenvalue weighted by Gasteiger charge is 2.09. The van der Waals surface area contributed by atoms with Crippen LogP contribution in [0.5, 0.6) is 5.75 Å². The molecule has 0 saturated carbocycles. The summed E-state index contributed by atoms with van der Waals surface area (Å²) in [5.41, 5.74) is 2.46. The highest BCUT2D eigenvalue weighted by Crippen LogP contribution is 2.24. The van der Waals surface area contributed by atoms with E-state index in [0.717, 1.165) is 22.0 Å². The molecule has 1 amide bonds. The van der Waals surface area contributed by atoms with Gasteiger partial charge in [-0.15, -0.1) is 21.5 Å². The summed E-state index contributed by atoms with van der Waals surface area (Å²) < 4.78 is 6.85. The Balaban J connectivity index is 1.30. The van der Waals surface area contributed by atoms with E-state index in [4.69, 9.17) is 4.74 Å². The van der Waals surface area contributed by atoms with Crippen molar-refractivity contribution in [2.75, 3.05) is 13.7 Å². The lowest BCUT2D eigenvalue weighted by molar-refractivity contribution is 0.0954. The predicted molar refractivity (Wildman–Crippen MR) is 109 cm³/mol. The number of aromatic nitrogens is 5. The third-order valence-corrected chi connectivity index (χ3v) is 5.16. The molecule has 1 aromatic carbocycles. The van der Waals surface area contributed by atoms with Gasteiger partial charge in [-0.05, 0) is 36.4 Å². The maximum absolute atomic E-state index is 12.3. The van der Waals surface area contributed by atoms with Gasteiger partial charge in [-0.1, -0.05) is 0 Å². The van der Waals surface area contributed by atoms with Crippen molar-refractivity contribution in [1.82, 2.24) is 30.0 Å². The molecule has 4 rings (SSSR count). The van der Waals surface area contributed by atoms with Crippen LogP contribution in [0.15, 0.2) is 60.6 Å². The van der Waals surface area contributed by atoms with Crippen molar-refractivity contribution in [2.24, 2.45) is 0 Å². The number of nitrogens with one attached hydrogen (secondary N) is 1. The maximum atomic E-state index is 12.3. The molecule has 0 saturated heterocycles. The molecule has 0 bridgehead atoms. The zero-order valence-corrected chi connectivity index (χ0v) is 16.5. The molecule has 3 heterocycles. The Morgan fingerprint density at radius 3 is 2.62 bits per heavy atom. The number of ether oxygens (including phenoxy) is 1. The van der Waals surface area contributed by atoms with Crippen molar-refractivity contribution in [3.8, 4) is 22.8 Å². The molecule has 9 heteroatoms. The molecule has 3 aromatic heterocycles. The van der Waals surface area contributed by atoms with Crippen molar-refractivity contribution >= 4 is 17.2 Å². The van der Waals surface area contributed by atoms with Gasteiger partial charge in [0.25, 0.3) is 5.91 Å². The first kappa shape index (κ1) is 18.8. The van der Waals surface area contributed by atoms with Gasteiger partial charge in [-0.25, -0.2) is 9.97 Å². The molecule has 4 aromatic rings. The van der Waals surface area contributed by atoms with Gasteiger partial charge in [0.15, 0.2) is 0 Å². The average molecular weight is 406 g/mol. The summed E-state index contributed by atoms with van der Waals surface area (Å²) in [7, 11) is 1.64. The molecule has 8 nitrogen and oxygen atoms in total. The quantitative estimate of drug-likeness (QED) is 0.507. The van der Waals surface area contributed by atoms with E-state index in [1.54, 1.807) is 47.8 Å². The third kappa shape index (κ3) is 4.46. The molecule has 146 valence electrons. The van der Waals surface area contributed by atoms with Crippen molar-refractivity contribution in [3.63, 3.8) is 0 Å². The van der Waals surface area contributed by atoms with Gasteiger partial charge in [0.1, 0.15) is 24.2 Å². The van der Waals surface area contributed by atoms with E-state index in [9.17, 15) is 4.79 Å². The molecule has 0 aliphatic heterocycles. The van der Waals surface area contributed by atoms with Crippen LogP contribution >= 0.6 is 11.3 Å². The van der Waals surface area contributed by atoms with Crippen molar-refractivity contribution < 1.29 is 9.53 Å². The maximum Gasteiger partial charge on any atom is 0.252 e. The number of thiazole rings is 1. The number of pyridine rings is 1. The standard InChI is InChI=1S/C20H18N6O2S/c1-28-16-5-2-14(3-6-16)17-11-29-19(25-17)8-9-21-20(27)15-4-7-18(22-10-15)26-12-23-24-13-26/h2-7,10-13H,8-9H2,1H3,(H,21,27). The number of carbonyl (C=O) groups excluding carboxylic acids is 1. The lowest BCUT2D eigenvalue weighted by atomic mass is 10.2. The van der Waals surface area contributed by atoms with Gasteiger partial charge in [0.05, 0.1) is 23.4 Å². The molecule has 29 heavy (non-hydrogen) atoms. The smallest absolute Gasteiger partial charge is 0.252 e. The van der Waals surface area contributed by atoms with Crippen LogP contribution in [0.1, 0.15) is 15.4 Å². The van der Waals surface area contributed by atoms with Gasteiger partial charge >= 0.3 is 0 Å². The van der Waals surface area contributed by atoms with E-state index in [1.165, 1.54) is 6.20 Å². The number of amides is 1. The first-order valence-corrected chi connectivity index (χ1v) is 9.79. The molecule has 0 aliphatic rings. The Morgan fingerprint density at radius 1 is 1.14 bits per heavy atom. The molecule has 0 atom stereocenters. The Labute approximate surface area is 171 Å². The van der Waals surface area contributed by atoms with Crippen LogP contribution in [0.3, 0.4) is 0 Å². The van der Waals surface area contributed by atoms with Crippen LogP contribution in [-0.2, 0) is 6.42 Å². The number of hydrogen-bond acceptors (Lipinski definition) is 7. The predicted octanol–water partition coefficient (Wildman–Crippen LogP) is 2.77. The molecule has 0 fully saturated rings. The fourth-order valence-electron chi connectivity index (χ4n) is 2.70. The van der Waals surface area contributed by atoms with Gasteiger partial charge < -0.3 is 10.1 Å². The van der Waals surface area contributed by atoms with Crippen molar-refractivity contribution in [3.05, 3.63) is 71.2 Å². The zero-order chi connectivity index (χ0) is 20.1. The lowest BCUT2D eigenvalue weighted by Crippen LogP contribution is -2.25. The lowest BCUT2D eigenvalue weighted by Gasteiger charge is -2.05. The number of nitrogens with zero attached hydrogens (tertiary/aromatic N) is 5. The summed E-state index contributed by atoms with van der Waals surface area (Å²) in [5.74, 6) is 1.30. The molecular formula is C20H18N6O2S. The van der Waals surface area contributed by atoms with Crippen molar-refractivity contribution in [1.29, 1.82) is 0 Å². The third-order valence-electron chi connectivity index (χ3n) is 4.26. The summed E-state index contributed by atoms with van der Waals surface area (Å²) in [5, 5.41) is 13.4. The second kappa shape index (κ2) is 8.61. The van der Waals surface area contributed by atoms with Crippen LogP contribution in [0.25, 0.3) is 17.1 Å². The SMILES string of the molecule is COc1ccc(-c2csc(CCNC(=O)c3ccc(-n4cnnc4)nc3)n2)cc1. The molecule has 0 aliphatic carbocycles. The molecular weight excluding hydrogens is 388 g/mol. The number of hydrogen-bond donors (Lipinski definition) is 1. The highest BCUT2D eigenvalue weighted by atomic mass is 32.1. The van der Waals surface area contributed by atoms with Gasteiger partial charge in [0, 0.05) is 30.1 Å². The van der Waals surface area contributed by atoms with Crippen LogP contribution in [-0.4, -0.2) is 44.3 Å². The second-order valence-corrected chi connectivity index (χ2v) is 7.08. The van der Waals surface area contributed by atoms with E-state index in [1.807, 2.05) is 29.6 Å². The molecule has 0 radical (unpaired) electrons. The van der Waals surface area contributed by atoms with E-state index in [2.05, 4.69) is 25.5 Å². The number of benzene rings is 1. The summed E-state index contributed by atoms with van der Waals surface area (Å²) in [6.07, 6.45) is 5.31. The van der Waals surface area contributed by atoms with Gasteiger partial charge in [-0.3, -0.25) is 9.36 Å². The average Bonchev–Trinajstić information content (AvgIpc) is 3.46. The summed E-state index contributed by atoms with van der Waals surface area (Å²) >= 11 is 1.58. The first-order valence-electron chi connectivity index (χ1n) is 8.91. The number of rotatable bonds is 7. The fourth-order valence-corrected chi connectivity index (χ4v) is 3.50. The molecule has 0 spiro atoms. The minimum Gasteiger partial charge on any atom is -0.497 e. The van der Waals surface area contributed by atoms with E-state index < -0.39 is 0 Å². The second-order valence-electron chi connectivity index (χ2n) is 6.14. The number of carbonyl (C=O) groups is 1. The van der Waals surface area contributed by atoms with Crippen LogP contribution in [0, 0.1) is 0 Å². The fraction of sp³-hybridized carbons (Fsp3) is 0.150. The van der Waals surface area contributed by atoms with Gasteiger partial charge in [0.2, 0.25) is 0 Å². The Hall–Kier alpha value is -3.59. The topological polar surface area (TPSA) is 94.8 Å². The first-order chi connectivity index (χ1) is 14.2. The van der Waals surface area contributed by atoms with E-state index in [-0.39, 0.29) is 5.91 Å². The van der Waals surface area contributed by atoms with Crippen LogP contribution in [0.2, 0.25) is 0 Å². The largest absolute Gasteiger partial charge is 0.497 e. The summed E-state index contributed by atoms with van der Waals surface area (Å²) in [6.45, 7) is 0.502. The van der Waals surface area contributed by atoms with E-state index in [0.29, 0.717) is 24.3 Å². The van der Waals surface area contributed by atoms with Crippen LogP contribution in [0.4, 0.5) is 0 Å². The zero-order valence-electron chi connectivity index (χ0n) is 15.6. The Morgan fingerprint density at radius 2 is 1.93 bits per heavy atom. The van der Waals surface area contributed by atoms with Crippen LogP contribution < -0.4 is 10.1 Å². The Kier molecular flexibility index (Phi) is 5.57. The minimum absolute atomic E-state index is 0.167. The highest BCUT2D eigenvalue weighted by molar-refractivity contribution is 7.09. The molecule has 0 unspecified atom stereocenters. The minimum atomic E-state index is -0.167. The van der Waals surface area contributed by atoms with E-state index >= 15 is 0 Å². The Bertz CT molecular complexity index is 1080. The van der Waals surface area contributed by atoms with Gasteiger partial charge in [-0.2, -0.15) is 0 Å². The molecule has 1 N–H and O–H groups in total. The monoisotopic (exact) mass is 406 g/mol. The number of methoxy groups -OCH3 is 1. The summed E-state index contributed by atoms with van der Waals surface area (Å²) in [6, 6.07) is 11.3.